The molecule has 0 bridgehead atoms. The number of carbonyl (C=O) groups excluding carboxylic acids is 1. The number of amides is 1. The average Bonchev–Trinajstić information content (AvgIpc) is 2.62. The highest BCUT2D eigenvalue weighted by Crippen LogP contribution is 2.28. The van der Waals surface area contributed by atoms with Gasteiger partial charge in [-0.05, 0) is 50.8 Å². The van der Waals surface area contributed by atoms with Crippen molar-refractivity contribution in [1.82, 2.24) is 10.6 Å². The van der Waals surface area contributed by atoms with E-state index in [4.69, 9.17) is 4.42 Å². The molecule has 0 spiro atoms. The van der Waals surface area contributed by atoms with E-state index in [0.717, 1.165) is 58.0 Å². The molecule has 1 atom stereocenters. The van der Waals surface area contributed by atoms with E-state index >= 15 is 0 Å². The van der Waals surface area contributed by atoms with Crippen molar-refractivity contribution in [2.24, 2.45) is 0 Å². The minimum atomic E-state index is -0.611. The predicted molar refractivity (Wildman–Crippen MR) is 94.9 cm³/mol. The van der Waals surface area contributed by atoms with Crippen molar-refractivity contribution in [2.75, 3.05) is 19.7 Å². The minimum absolute atomic E-state index is 0.0610. The van der Waals surface area contributed by atoms with Crippen LogP contribution in [0.4, 0.5) is 0 Å². The van der Waals surface area contributed by atoms with E-state index in [0.29, 0.717) is 11.3 Å². The normalized spacial score (nSPS) is 23.2. The van der Waals surface area contributed by atoms with E-state index in [1.54, 1.807) is 6.92 Å². The maximum atomic E-state index is 12.7. The first-order valence-electron chi connectivity index (χ1n) is 9.33. The second-order valence-corrected chi connectivity index (χ2v) is 7.49. The van der Waals surface area contributed by atoms with E-state index in [-0.39, 0.29) is 18.1 Å². The Hall–Kier alpha value is -1.66. The molecule has 1 aromatic heterocycles. The van der Waals surface area contributed by atoms with Gasteiger partial charge in [0.25, 0.3) is 5.91 Å². The van der Waals surface area contributed by atoms with Crippen LogP contribution in [0.1, 0.15) is 72.5 Å². The number of aliphatic hydroxyl groups excluding tert-OH is 1. The summed E-state index contributed by atoms with van der Waals surface area (Å²) < 4.78 is 5.49. The van der Waals surface area contributed by atoms with Crippen LogP contribution in [0.3, 0.4) is 0 Å². The van der Waals surface area contributed by atoms with Crippen molar-refractivity contribution in [3.05, 3.63) is 33.4 Å². The average molecular weight is 348 g/mol. The van der Waals surface area contributed by atoms with Crippen LogP contribution < -0.4 is 16.3 Å². The molecule has 0 aromatic carbocycles. The second kappa shape index (κ2) is 7.70. The van der Waals surface area contributed by atoms with Crippen molar-refractivity contribution in [3.63, 3.8) is 0 Å². The summed E-state index contributed by atoms with van der Waals surface area (Å²) in [7, 11) is 0. The molecule has 25 heavy (non-hydrogen) atoms. The van der Waals surface area contributed by atoms with Crippen molar-refractivity contribution in [1.29, 1.82) is 0 Å². The van der Waals surface area contributed by atoms with Crippen LogP contribution in [0.15, 0.2) is 15.3 Å². The van der Waals surface area contributed by atoms with Gasteiger partial charge in [-0.3, -0.25) is 4.79 Å². The largest absolute Gasteiger partial charge is 0.427 e. The van der Waals surface area contributed by atoms with Gasteiger partial charge in [-0.2, -0.15) is 0 Å². The lowest BCUT2D eigenvalue weighted by Crippen LogP contribution is -2.53. The molecule has 1 aliphatic heterocycles. The molecule has 1 aromatic rings. The first-order chi connectivity index (χ1) is 12.0. The zero-order chi connectivity index (χ0) is 17.9. The van der Waals surface area contributed by atoms with Crippen LogP contribution in [-0.4, -0.2) is 36.2 Å². The molecule has 2 aliphatic rings. The molecule has 1 saturated heterocycles. The molecule has 1 aliphatic carbocycles. The summed E-state index contributed by atoms with van der Waals surface area (Å²) in [5.41, 5.74) is -0.494. The molecule has 1 amide bonds. The Kier molecular flexibility index (Phi) is 5.59. The first-order valence-corrected chi connectivity index (χ1v) is 9.33. The van der Waals surface area contributed by atoms with Gasteiger partial charge in [0.1, 0.15) is 11.3 Å². The SMILES string of the molecule is Cc1cc(C2CCCNC2)oc(=O)c1C(=O)NC1(CO)CCCCC1. The maximum Gasteiger partial charge on any atom is 0.349 e. The molecule has 138 valence electrons. The summed E-state index contributed by atoms with van der Waals surface area (Å²) in [4.78, 5) is 25.2. The van der Waals surface area contributed by atoms with Gasteiger partial charge in [-0.25, -0.2) is 4.79 Å². The van der Waals surface area contributed by atoms with Crippen molar-refractivity contribution < 1.29 is 14.3 Å². The quantitative estimate of drug-likeness (QED) is 0.772. The predicted octanol–water partition coefficient (Wildman–Crippen LogP) is 1.84. The molecule has 6 nitrogen and oxygen atoms in total. The molecule has 2 heterocycles. The number of hydrogen-bond acceptors (Lipinski definition) is 5. The summed E-state index contributed by atoms with van der Waals surface area (Å²) >= 11 is 0. The van der Waals surface area contributed by atoms with Gasteiger partial charge in [0.15, 0.2) is 0 Å². The van der Waals surface area contributed by atoms with Gasteiger partial charge in [0.05, 0.1) is 12.1 Å². The molecule has 6 heteroatoms. The fourth-order valence-electron chi connectivity index (χ4n) is 4.06. The Labute approximate surface area is 148 Å². The molecule has 1 saturated carbocycles. The van der Waals surface area contributed by atoms with Crippen LogP contribution in [0, 0.1) is 6.92 Å². The highest BCUT2D eigenvalue weighted by atomic mass is 16.4. The highest BCUT2D eigenvalue weighted by molar-refractivity contribution is 5.95. The van der Waals surface area contributed by atoms with Gasteiger partial charge < -0.3 is 20.2 Å². The molecule has 1 unspecified atom stereocenters. The standard InChI is InChI=1S/C19H28N2O4/c1-13-10-15(14-6-5-9-20-11-14)25-18(24)16(13)17(23)21-19(12-22)7-3-2-4-8-19/h10,14,20,22H,2-9,11-12H2,1H3,(H,21,23). The number of hydrogen-bond donors (Lipinski definition) is 3. The lowest BCUT2D eigenvalue weighted by molar-refractivity contribution is 0.0753. The maximum absolute atomic E-state index is 12.7. The summed E-state index contributed by atoms with van der Waals surface area (Å²) in [5.74, 6) is 0.399. The third-order valence-corrected chi connectivity index (χ3v) is 5.59. The Morgan fingerprint density at radius 2 is 2.12 bits per heavy atom. The van der Waals surface area contributed by atoms with E-state index in [1.165, 1.54) is 0 Å². The van der Waals surface area contributed by atoms with Gasteiger partial charge in [-0.15, -0.1) is 0 Å². The zero-order valence-electron chi connectivity index (χ0n) is 14.9. The third-order valence-electron chi connectivity index (χ3n) is 5.59. The van der Waals surface area contributed by atoms with Crippen LogP contribution in [0.2, 0.25) is 0 Å². The lowest BCUT2D eigenvalue weighted by Gasteiger charge is -2.36. The van der Waals surface area contributed by atoms with Crippen LogP contribution in [0.5, 0.6) is 0 Å². The van der Waals surface area contributed by atoms with E-state index in [1.807, 2.05) is 6.07 Å². The van der Waals surface area contributed by atoms with E-state index < -0.39 is 17.1 Å². The second-order valence-electron chi connectivity index (χ2n) is 7.49. The minimum Gasteiger partial charge on any atom is -0.427 e. The summed E-state index contributed by atoms with van der Waals surface area (Å²) in [5, 5.41) is 16.0. The molecule has 0 radical (unpaired) electrons. The highest BCUT2D eigenvalue weighted by Gasteiger charge is 2.34. The number of aliphatic hydroxyl groups is 1. The Morgan fingerprint density at radius 1 is 1.36 bits per heavy atom. The third kappa shape index (κ3) is 3.96. The Morgan fingerprint density at radius 3 is 2.72 bits per heavy atom. The molecule has 3 N–H and O–H groups in total. The molecule has 3 rings (SSSR count). The van der Waals surface area contributed by atoms with Crippen LogP contribution in [-0.2, 0) is 0 Å². The molecular weight excluding hydrogens is 320 g/mol. The monoisotopic (exact) mass is 348 g/mol. The topological polar surface area (TPSA) is 91.6 Å². The Balaban J connectivity index is 1.81. The van der Waals surface area contributed by atoms with E-state index in [2.05, 4.69) is 10.6 Å². The zero-order valence-corrected chi connectivity index (χ0v) is 14.9. The van der Waals surface area contributed by atoms with Gasteiger partial charge >= 0.3 is 5.63 Å². The number of carbonyl (C=O) groups is 1. The number of aryl methyl sites for hydroxylation is 1. The number of rotatable bonds is 4. The Bertz CT molecular complexity index is 670. The molecule has 2 fully saturated rings. The van der Waals surface area contributed by atoms with Crippen molar-refractivity contribution in [2.45, 2.75) is 63.3 Å². The van der Waals surface area contributed by atoms with E-state index in [9.17, 15) is 14.7 Å². The fraction of sp³-hybridized carbons (Fsp3) is 0.684. The summed E-state index contributed by atoms with van der Waals surface area (Å²) in [6, 6.07) is 1.82. The summed E-state index contributed by atoms with van der Waals surface area (Å²) in [6.07, 6.45) is 6.58. The van der Waals surface area contributed by atoms with Crippen molar-refractivity contribution >= 4 is 5.91 Å². The fourth-order valence-corrected chi connectivity index (χ4v) is 4.06. The molecular formula is C19H28N2O4. The van der Waals surface area contributed by atoms with Gasteiger partial charge in [0.2, 0.25) is 0 Å². The van der Waals surface area contributed by atoms with Gasteiger partial charge in [-0.1, -0.05) is 19.3 Å². The lowest BCUT2D eigenvalue weighted by atomic mass is 9.82. The van der Waals surface area contributed by atoms with Gasteiger partial charge in [0, 0.05) is 12.5 Å². The first kappa shape index (κ1) is 18.1. The smallest absolute Gasteiger partial charge is 0.349 e. The van der Waals surface area contributed by atoms with Crippen molar-refractivity contribution in [3.8, 4) is 0 Å². The summed E-state index contributed by atoms with van der Waals surface area (Å²) in [6.45, 7) is 3.46. The number of piperidine rings is 1. The van der Waals surface area contributed by atoms with Crippen LogP contribution >= 0.6 is 0 Å². The van der Waals surface area contributed by atoms with Crippen LogP contribution in [0.25, 0.3) is 0 Å². The number of nitrogens with one attached hydrogen (secondary N) is 2.